The summed E-state index contributed by atoms with van der Waals surface area (Å²) in [7, 11) is 0. The lowest BCUT2D eigenvalue weighted by atomic mass is 9.80. The normalized spacial score (nSPS) is 11.5. The Kier molecular flexibility index (Phi) is 14.4. The predicted molar refractivity (Wildman–Crippen MR) is 173 cm³/mol. The summed E-state index contributed by atoms with van der Waals surface area (Å²) in [6.45, 7) is 2.52. The third kappa shape index (κ3) is 10.2. The Morgan fingerprint density at radius 3 is 1.21 bits per heavy atom. The fourth-order valence-corrected chi connectivity index (χ4v) is 5.57. The van der Waals surface area contributed by atoms with Crippen LogP contribution in [-0.4, -0.2) is 20.0 Å². The van der Waals surface area contributed by atoms with Crippen molar-refractivity contribution in [1.29, 1.82) is 0 Å². The fourth-order valence-electron chi connectivity index (χ4n) is 5.57. The Labute approximate surface area is 253 Å². The molecule has 0 saturated heterocycles. The topological polar surface area (TPSA) is 27.7 Å². The zero-order valence-corrected chi connectivity index (χ0v) is 25.2. The molecule has 4 rings (SSSR count). The number of benzene rings is 4. The van der Waals surface area contributed by atoms with Crippen LogP contribution >= 0.6 is 0 Å². The first-order valence-electron chi connectivity index (χ1n) is 15.9. The molecule has 3 nitrogen and oxygen atoms in total. The van der Waals surface area contributed by atoms with Crippen LogP contribution < -0.4 is 0 Å². The van der Waals surface area contributed by atoms with E-state index in [1.807, 2.05) is 18.2 Å². The van der Waals surface area contributed by atoms with E-state index in [0.717, 1.165) is 26.1 Å². The fraction of sp³-hybridized carbons (Fsp3) is 0.385. The standard InChI is InChI=1S/C39H48O3/c1(3-5-7-21-31-40-34-41-33-35-23-13-9-14-24-35)2-4-6-8-22-32-42-39(36-25-15-10-16-26-36,37-27-17-11-18-28-37)38-29-19-12-20-30-38/h9-20,23-30H,1-8,21-22,31-34H2. The summed E-state index contributed by atoms with van der Waals surface area (Å²) >= 11 is 0. The smallest absolute Gasteiger partial charge is 0.147 e. The third-order valence-electron chi connectivity index (χ3n) is 7.82. The van der Waals surface area contributed by atoms with Gasteiger partial charge in [-0.2, -0.15) is 0 Å². The van der Waals surface area contributed by atoms with Gasteiger partial charge in [0.25, 0.3) is 0 Å². The lowest BCUT2D eigenvalue weighted by Crippen LogP contribution is -2.33. The molecule has 0 radical (unpaired) electrons. The quantitative estimate of drug-likeness (QED) is 0.0572. The molecule has 0 N–H and O–H groups in total. The molecule has 0 aliphatic heterocycles. The Bertz CT molecular complexity index is 1100. The number of unbranched alkanes of at least 4 members (excludes halogenated alkanes) is 9. The summed E-state index contributed by atoms with van der Waals surface area (Å²) in [5.74, 6) is 0. The van der Waals surface area contributed by atoms with Crippen molar-refractivity contribution >= 4 is 0 Å². The highest BCUT2D eigenvalue weighted by Crippen LogP contribution is 2.40. The van der Waals surface area contributed by atoms with E-state index in [0.29, 0.717) is 13.4 Å². The van der Waals surface area contributed by atoms with Gasteiger partial charge in [-0.15, -0.1) is 0 Å². The molecule has 0 spiro atoms. The van der Waals surface area contributed by atoms with Gasteiger partial charge in [0.15, 0.2) is 0 Å². The summed E-state index contributed by atoms with van der Waals surface area (Å²) in [6.07, 6.45) is 12.5. The number of hydrogen-bond donors (Lipinski definition) is 0. The zero-order chi connectivity index (χ0) is 29.0. The summed E-state index contributed by atoms with van der Waals surface area (Å²) in [6, 6.07) is 42.2. The molecule has 0 heterocycles. The maximum atomic E-state index is 6.90. The van der Waals surface area contributed by atoms with E-state index < -0.39 is 5.60 Å². The number of rotatable bonds is 21. The van der Waals surface area contributed by atoms with Crippen LogP contribution in [0.5, 0.6) is 0 Å². The minimum Gasteiger partial charge on any atom is -0.361 e. The van der Waals surface area contributed by atoms with Gasteiger partial charge in [0, 0.05) is 13.2 Å². The van der Waals surface area contributed by atoms with Crippen molar-refractivity contribution in [3.05, 3.63) is 144 Å². The molecular formula is C39H48O3. The Morgan fingerprint density at radius 1 is 0.381 bits per heavy atom. The van der Waals surface area contributed by atoms with E-state index >= 15 is 0 Å². The van der Waals surface area contributed by atoms with Crippen molar-refractivity contribution in [2.45, 2.75) is 76.4 Å². The second-order valence-corrected chi connectivity index (χ2v) is 11.0. The van der Waals surface area contributed by atoms with Gasteiger partial charge >= 0.3 is 0 Å². The van der Waals surface area contributed by atoms with E-state index in [4.69, 9.17) is 14.2 Å². The maximum absolute atomic E-state index is 6.90. The maximum Gasteiger partial charge on any atom is 0.147 e. The predicted octanol–water partition coefficient (Wildman–Crippen LogP) is 10.1. The minimum absolute atomic E-state index is 0.381. The number of hydrogen-bond acceptors (Lipinski definition) is 3. The van der Waals surface area contributed by atoms with Gasteiger partial charge in [0.2, 0.25) is 0 Å². The van der Waals surface area contributed by atoms with Gasteiger partial charge in [-0.1, -0.05) is 173 Å². The molecule has 0 amide bonds. The first kappa shape index (κ1) is 31.7. The van der Waals surface area contributed by atoms with Gasteiger partial charge in [-0.05, 0) is 35.1 Å². The van der Waals surface area contributed by atoms with Crippen molar-refractivity contribution < 1.29 is 14.2 Å². The molecule has 3 heteroatoms. The lowest BCUT2D eigenvalue weighted by molar-refractivity contribution is -0.0623. The summed E-state index contributed by atoms with van der Waals surface area (Å²) in [5.41, 5.74) is 4.09. The van der Waals surface area contributed by atoms with Crippen LogP contribution in [0, 0.1) is 0 Å². The molecule has 0 atom stereocenters. The van der Waals surface area contributed by atoms with Crippen LogP contribution in [0.1, 0.15) is 86.5 Å². The highest BCUT2D eigenvalue weighted by atomic mass is 16.7. The average Bonchev–Trinajstić information content (AvgIpc) is 3.06. The molecule has 4 aromatic carbocycles. The van der Waals surface area contributed by atoms with Crippen LogP contribution in [0.4, 0.5) is 0 Å². The van der Waals surface area contributed by atoms with Gasteiger partial charge in [-0.3, -0.25) is 0 Å². The van der Waals surface area contributed by atoms with Gasteiger partial charge in [-0.25, -0.2) is 0 Å². The lowest BCUT2D eigenvalue weighted by Gasteiger charge is -2.36. The molecule has 4 aromatic rings. The van der Waals surface area contributed by atoms with Crippen LogP contribution in [0.25, 0.3) is 0 Å². The Morgan fingerprint density at radius 2 is 0.762 bits per heavy atom. The molecular weight excluding hydrogens is 516 g/mol. The van der Waals surface area contributed by atoms with Crippen molar-refractivity contribution in [3.8, 4) is 0 Å². The summed E-state index contributed by atoms with van der Waals surface area (Å²) in [5, 5.41) is 0. The van der Waals surface area contributed by atoms with E-state index in [2.05, 4.69) is 103 Å². The summed E-state index contributed by atoms with van der Waals surface area (Å²) in [4.78, 5) is 0. The Hall–Kier alpha value is -3.24. The summed E-state index contributed by atoms with van der Waals surface area (Å²) < 4.78 is 18.1. The monoisotopic (exact) mass is 564 g/mol. The highest BCUT2D eigenvalue weighted by Gasteiger charge is 2.37. The van der Waals surface area contributed by atoms with E-state index in [9.17, 15) is 0 Å². The first-order valence-corrected chi connectivity index (χ1v) is 15.9. The van der Waals surface area contributed by atoms with Crippen molar-refractivity contribution in [2.75, 3.05) is 20.0 Å². The van der Waals surface area contributed by atoms with E-state index in [-0.39, 0.29) is 0 Å². The minimum atomic E-state index is -0.607. The van der Waals surface area contributed by atoms with Crippen LogP contribution in [0.3, 0.4) is 0 Å². The van der Waals surface area contributed by atoms with Crippen molar-refractivity contribution in [1.82, 2.24) is 0 Å². The van der Waals surface area contributed by atoms with Crippen LogP contribution in [0.2, 0.25) is 0 Å². The molecule has 0 bridgehead atoms. The molecule has 0 unspecified atom stereocenters. The molecule has 0 aromatic heterocycles. The SMILES string of the molecule is c1ccc(COCOCCCCCCCCCCCCOC(c2ccccc2)(c2ccccc2)c2ccccc2)cc1. The van der Waals surface area contributed by atoms with E-state index in [1.54, 1.807) is 0 Å². The third-order valence-corrected chi connectivity index (χ3v) is 7.82. The van der Waals surface area contributed by atoms with E-state index in [1.165, 1.54) is 73.6 Å². The molecule has 222 valence electrons. The van der Waals surface area contributed by atoms with Crippen molar-refractivity contribution in [3.63, 3.8) is 0 Å². The molecule has 42 heavy (non-hydrogen) atoms. The largest absolute Gasteiger partial charge is 0.361 e. The highest BCUT2D eigenvalue weighted by molar-refractivity contribution is 5.47. The second kappa shape index (κ2) is 19.0. The second-order valence-electron chi connectivity index (χ2n) is 11.0. The van der Waals surface area contributed by atoms with Gasteiger partial charge < -0.3 is 14.2 Å². The zero-order valence-electron chi connectivity index (χ0n) is 25.2. The first-order chi connectivity index (χ1) is 20.9. The average molecular weight is 565 g/mol. The molecule has 0 fully saturated rings. The Balaban J connectivity index is 1.08. The molecule has 0 aliphatic carbocycles. The molecule has 0 aliphatic rings. The van der Waals surface area contributed by atoms with Crippen LogP contribution in [-0.2, 0) is 26.4 Å². The van der Waals surface area contributed by atoms with Crippen LogP contribution in [0.15, 0.2) is 121 Å². The van der Waals surface area contributed by atoms with Gasteiger partial charge in [0.05, 0.1) is 6.61 Å². The van der Waals surface area contributed by atoms with Crippen molar-refractivity contribution in [2.24, 2.45) is 0 Å². The van der Waals surface area contributed by atoms with Gasteiger partial charge in [0.1, 0.15) is 12.4 Å². The molecule has 0 saturated carbocycles. The number of ether oxygens (including phenoxy) is 3.